The van der Waals surface area contributed by atoms with Gasteiger partial charge in [-0.1, -0.05) is 0 Å². The Morgan fingerprint density at radius 2 is 1.77 bits per heavy atom. The van der Waals surface area contributed by atoms with Gasteiger partial charge in [-0.3, -0.25) is 9.69 Å². The van der Waals surface area contributed by atoms with Gasteiger partial charge < -0.3 is 19.5 Å². The molecular formula is C19H24N2O5. The van der Waals surface area contributed by atoms with Crippen LogP contribution in [0.25, 0.3) is 0 Å². The average molecular weight is 360 g/mol. The molecule has 2 aliphatic rings. The van der Waals surface area contributed by atoms with Gasteiger partial charge in [0, 0.05) is 30.9 Å². The summed E-state index contributed by atoms with van der Waals surface area (Å²) >= 11 is 0. The molecule has 0 spiro atoms. The molecule has 1 aromatic carbocycles. The number of Topliss-reactive ketones (excluding diaryl/α,β-unsaturated/α-hetero) is 1. The predicted octanol–water partition coefficient (Wildman–Crippen LogP) is 3.14. The van der Waals surface area contributed by atoms with E-state index in [-0.39, 0.29) is 5.78 Å². The van der Waals surface area contributed by atoms with Gasteiger partial charge in [0.15, 0.2) is 17.3 Å². The third-order valence-corrected chi connectivity index (χ3v) is 5.02. The van der Waals surface area contributed by atoms with E-state index in [0.29, 0.717) is 28.3 Å². The molecule has 7 nitrogen and oxygen atoms in total. The molecule has 3 rings (SSSR count). The molecule has 0 aliphatic carbocycles. The number of hydrogen-bond donors (Lipinski definition) is 1. The van der Waals surface area contributed by atoms with Gasteiger partial charge in [0.05, 0.1) is 31.5 Å². The van der Waals surface area contributed by atoms with Crippen molar-refractivity contribution in [2.45, 2.75) is 32.2 Å². The Bertz CT molecular complexity index is 753. The molecular weight excluding hydrogens is 336 g/mol. The van der Waals surface area contributed by atoms with Crippen molar-refractivity contribution in [1.29, 1.82) is 0 Å². The molecule has 0 aromatic heterocycles. The fraction of sp³-hybridized carbons (Fsp3) is 0.474. The van der Waals surface area contributed by atoms with E-state index >= 15 is 0 Å². The fourth-order valence-corrected chi connectivity index (χ4v) is 3.62. The number of amides is 1. The van der Waals surface area contributed by atoms with Crippen LogP contribution in [0.15, 0.2) is 23.9 Å². The number of anilines is 1. The van der Waals surface area contributed by atoms with Gasteiger partial charge in [-0.2, -0.15) is 0 Å². The summed E-state index contributed by atoms with van der Waals surface area (Å²) in [7, 11) is 2.96. The molecule has 1 atom stereocenters. The molecule has 26 heavy (non-hydrogen) atoms. The summed E-state index contributed by atoms with van der Waals surface area (Å²) in [6, 6.07) is 2.53. The standard InChI is InChI=1S/C19H24N2O5/c1-12-14(11-20-7-5-4-6-8-20)18(22)13-9-16(25-2)17(26-3)10-15(13)21(12)19(23)24/h9-12H,4-8H2,1-3H3,(H,23,24). The van der Waals surface area contributed by atoms with Crippen molar-refractivity contribution in [3.63, 3.8) is 0 Å². The van der Waals surface area contributed by atoms with Crippen molar-refractivity contribution in [3.05, 3.63) is 29.5 Å². The first kappa shape index (κ1) is 18.1. The maximum Gasteiger partial charge on any atom is 0.412 e. The summed E-state index contributed by atoms with van der Waals surface area (Å²) in [5.41, 5.74) is 1.11. The highest BCUT2D eigenvalue weighted by Gasteiger charge is 2.38. The number of benzene rings is 1. The lowest BCUT2D eigenvalue weighted by Crippen LogP contribution is -2.45. The van der Waals surface area contributed by atoms with Gasteiger partial charge in [-0.25, -0.2) is 4.79 Å². The number of methoxy groups -OCH3 is 2. The molecule has 1 fully saturated rings. The number of fused-ring (bicyclic) bond motifs is 1. The second kappa shape index (κ2) is 7.27. The van der Waals surface area contributed by atoms with E-state index < -0.39 is 12.1 Å². The van der Waals surface area contributed by atoms with Gasteiger partial charge in [-0.15, -0.1) is 0 Å². The van der Waals surface area contributed by atoms with Crippen LogP contribution in [0.1, 0.15) is 36.5 Å². The minimum Gasteiger partial charge on any atom is -0.493 e. The van der Waals surface area contributed by atoms with Crippen molar-refractivity contribution in [3.8, 4) is 11.5 Å². The van der Waals surface area contributed by atoms with Crippen LogP contribution in [0.3, 0.4) is 0 Å². The Morgan fingerprint density at radius 1 is 1.15 bits per heavy atom. The number of rotatable bonds is 3. The minimum absolute atomic E-state index is 0.170. The van der Waals surface area contributed by atoms with Crippen LogP contribution in [-0.4, -0.2) is 55.2 Å². The molecule has 0 bridgehead atoms. The number of ketones is 1. The van der Waals surface area contributed by atoms with Crippen LogP contribution in [0, 0.1) is 0 Å². The molecule has 140 valence electrons. The summed E-state index contributed by atoms with van der Waals surface area (Å²) in [6.45, 7) is 3.51. The lowest BCUT2D eigenvalue weighted by Gasteiger charge is -2.36. The highest BCUT2D eigenvalue weighted by molar-refractivity contribution is 6.18. The Balaban J connectivity index is 2.11. The normalized spacial score (nSPS) is 21.6. The largest absolute Gasteiger partial charge is 0.493 e. The van der Waals surface area contributed by atoms with Crippen molar-refractivity contribution in [1.82, 2.24) is 4.90 Å². The summed E-state index contributed by atoms with van der Waals surface area (Å²) in [4.78, 5) is 28.4. The van der Waals surface area contributed by atoms with Crippen molar-refractivity contribution < 1.29 is 24.2 Å². The number of ether oxygens (including phenoxy) is 2. The molecule has 7 heteroatoms. The summed E-state index contributed by atoms with van der Waals surface area (Å²) < 4.78 is 10.6. The smallest absolute Gasteiger partial charge is 0.412 e. The molecule has 2 heterocycles. The first-order chi connectivity index (χ1) is 12.5. The van der Waals surface area contributed by atoms with Crippen molar-refractivity contribution >= 4 is 17.6 Å². The van der Waals surface area contributed by atoms with E-state index in [9.17, 15) is 14.7 Å². The Kier molecular flexibility index (Phi) is 5.06. The predicted molar refractivity (Wildman–Crippen MR) is 97.3 cm³/mol. The monoisotopic (exact) mass is 360 g/mol. The number of nitrogens with zero attached hydrogens (tertiary/aromatic N) is 2. The Hall–Kier alpha value is -2.70. The van der Waals surface area contributed by atoms with Crippen LogP contribution in [-0.2, 0) is 0 Å². The molecule has 1 aromatic rings. The minimum atomic E-state index is -1.11. The van der Waals surface area contributed by atoms with Gasteiger partial charge in [-0.05, 0) is 32.3 Å². The first-order valence-corrected chi connectivity index (χ1v) is 8.76. The van der Waals surface area contributed by atoms with Crippen LogP contribution in [0.4, 0.5) is 10.5 Å². The number of carbonyl (C=O) groups excluding carboxylic acids is 1. The van der Waals surface area contributed by atoms with E-state index in [1.54, 1.807) is 19.1 Å². The second-order valence-corrected chi connectivity index (χ2v) is 6.56. The number of piperidine rings is 1. The number of carbonyl (C=O) groups is 2. The van der Waals surface area contributed by atoms with E-state index in [4.69, 9.17) is 9.47 Å². The maximum atomic E-state index is 13.1. The van der Waals surface area contributed by atoms with Crippen molar-refractivity contribution in [2.75, 3.05) is 32.2 Å². The second-order valence-electron chi connectivity index (χ2n) is 6.56. The van der Waals surface area contributed by atoms with Gasteiger partial charge in [0.25, 0.3) is 0 Å². The molecule has 1 N–H and O–H groups in total. The summed E-state index contributed by atoms with van der Waals surface area (Å²) in [5, 5.41) is 9.76. The van der Waals surface area contributed by atoms with Gasteiger partial charge in [0.2, 0.25) is 0 Å². The molecule has 1 saturated heterocycles. The molecule has 0 saturated carbocycles. The topological polar surface area (TPSA) is 79.3 Å². The SMILES string of the molecule is COc1cc2c(cc1OC)N(C(=O)O)C(C)C(=CN1CCCCC1)C2=O. The van der Waals surface area contributed by atoms with E-state index in [1.165, 1.54) is 25.5 Å². The molecule has 0 radical (unpaired) electrons. The van der Waals surface area contributed by atoms with E-state index in [2.05, 4.69) is 4.90 Å². The number of likely N-dealkylation sites (tertiary alicyclic amines) is 1. The van der Waals surface area contributed by atoms with E-state index in [1.807, 2.05) is 6.20 Å². The third kappa shape index (κ3) is 3.09. The Morgan fingerprint density at radius 3 is 2.35 bits per heavy atom. The maximum absolute atomic E-state index is 13.1. The number of hydrogen-bond acceptors (Lipinski definition) is 5. The fourth-order valence-electron chi connectivity index (χ4n) is 3.62. The zero-order valence-corrected chi connectivity index (χ0v) is 15.3. The summed E-state index contributed by atoms with van der Waals surface area (Å²) in [5.74, 6) is 0.620. The van der Waals surface area contributed by atoms with Crippen molar-refractivity contribution in [2.24, 2.45) is 0 Å². The van der Waals surface area contributed by atoms with Crippen LogP contribution >= 0.6 is 0 Å². The van der Waals surface area contributed by atoms with Gasteiger partial charge in [0.1, 0.15) is 0 Å². The molecule has 1 unspecified atom stereocenters. The number of carboxylic acid groups (broad SMARTS) is 1. The highest BCUT2D eigenvalue weighted by atomic mass is 16.5. The quantitative estimate of drug-likeness (QED) is 0.834. The lowest BCUT2D eigenvalue weighted by molar-refractivity contribution is 0.102. The third-order valence-electron chi connectivity index (χ3n) is 5.02. The molecule has 1 amide bonds. The molecule has 2 aliphatic heterocycles. The van der Waals surface area contributed by atoms with Crippen LogP contribution in [0.5, 0.6) is 11.5 Å². The highest BCUT2D eigenvalue weighted by Crippen LogP contribution is 2.41. The zero-order valence-electron chi connectivity index (χ0n) is 15.3. The van der Waals surface area contributed by atoms with Gasteiger partial charge >= 0.3 is 6.09 Å². The van der Waals surface area contributed by atoms with Crippen LogP contribution in [0.2, 0.25) is 0 Å². The van der Waals surface area contributed by atoms with Crippen LogP contribution < -0.4 is 14.4 Å². The zero-order chi connectivity index (χ0) is 18.8. The average Bonchev–Trinajstić information content (AvgIpc) is 2.64. The Labute approximate surface area is 152 Å². The lowest BCUT2D eigenvalue weighted by atomic mass is 9.90. The first-order valence-electron chi connectivity index (χ1n) is 8.76. The van der Waals surface area contributed by atoms with E-state index in [0.717, 1.165) is 25.9 Å². The summed E-state index contributed by atoms with van der Waals surface area (Å²) in [6.07, 6.45) is 4.07.